The number of hydrogen-bond donors (Lipinski definition) is 0. The van der Waals surface area contributed by atoms with Gasteiger partial charge in [0, 0.05) is 32.4 Å². The molecule has 52 heavy (non-hydrogen) atoms. The maximum Gasteiger partial charge on any atom is 2.00 e. The topological polar surface area (TPSA) is 48.2 Å². The third kappa shape index (κ3) is 6.67. The molecular weight excluding hydrogens is 840 g/mol. The molecule has 0 fully saturated rings. The van der Waals surface area contributed by atoms with Gasteiger partial charge in [-0.25, -0.2) is 0 Å². The Morgan fingerprint density at radius 3 is 2.25 bits per heavy atom. The summed E-state index contributed by atoms with van der Waals surface area (Å²) in [5, 5.41) is 5.17. The van der Waals surface area contributed by atoms with Crippen LogP contribution in [0.4, 0.5) is 0 Å². The second-order valence-corrected chi connectivity index (χ2v) is 18.3. The molecule has 0 atom stereocenters. The van der Waals surface area contributed by atoms with E-state index in [1.54, 1.807) is 11.3 Å². The van der Waals surface area contributed by atoms with Crippen LogP contribution in [0.25, 0.3) is 64.3 Å². The molecule has 4 aromatic heterocycles. The molecule has 0 bridgehead atoms. The summed E-state index contributed by atoms with van der Waals surface area (Å²) < 4.78 is 15.7. The van der Waals surface area contributed by atoms with Gasteiger partial charge in [-0.3, -0.25) is 9.97 Å². The molecule has 0 spiro atoms. The first kappa shape index (κ1) is 36.3. The molecule has 0 amide bonds. The third-order valence-electron chi connectivity index (χ3n) is 9.64. The molecular formula is C46H44N2O2PtS. The van der Waals surface area contributed by atoms with Crippen molar-refractivity contribution in [3.63, 3.8) is 0 Å². The largest absolute Gasteiger partial charge is 2.00 e. The van der Waals surface area contributed by atoms with Crippen molar-refractivity contribution in [1.82, 2.24) is 9.97 Å². The van der Waals surface area contributed by atoms with Crippen LogP contribution >= 0.6 is 11.3 Å². The fourth-order valence-corrected chi connectivity index (χ4v) is 8.24. The van der Waals surface area contributed by atoms with Crippen molar-refractivity contribution in [3.8, 4) is 23.0 Å². The molecule has 0 saturated heterocycles. The number of nitrogens with zero attached hydrogens (tertiary/aromatic N) is 2. The summed E-state index contributed by atoms with van der Waals surface area (Å²) in [6.07, 6.45) is 0.949. The molecule has 8 rings (SSSR count). The van der Waals surface area contributed by atoms with Gasteiger partial charge in [0.2, 0.25) is 11.8 Å². The second kappa shape index (κ2) is 12.8. The first-order chi connectivity index (χ1) is 24.0. The van der Waals surface area contributed by atoms with Gasteiger partial charge in [-0.2, -0.15) is 0 Å². The van der Waals surface area contributed by atoms with E-state index >= 15 is 0 Å². The fourth-order valence-electron chi connectivity index (χ4n) is 7.04. The summed E-state index contributed by atoms with van der Waals surface area (Å²) >= 11 is 1.77. The van der Waals surface area contributed by atoms with Crippen molar-refractivity contribution in [2.24, 2.45) is 5.41 Å². The van der Waals surface area contributed by atoms with E-state index in [0.717, 1.165) is 77.1 Å². The maximum atomic E-state index is 6.77. The van der Waals surface area contributed by atoms with Crippen LogP contribution in [-0.2, 0) is 38.3 Å². The standard InChI is InChI=1S/C46H44N2O2S.Pt/c1-26-18-37(50-38-24-31(46(8,9)10)23-34(47-38)29-15-13-16-30(21-29)45(5,6)7)48-41-33-22-28-14-11-12-17-32(28)42-39(33)40-35(49-42)19-27(25-44(2,3)4)20-36(40)51-43(26)41;/h11-14,16-21,23-24H,25H2,1-10H3;/q-2;+2. The molecule has 4 nitrogen and oxygen atoms in total. The number of aryl methyl sites for hydroxylation is 1. The molecule has 0 saturated carbocycles. The quantitative estimate of drug-likeness (QED) is 0.165. The van der Waals surface area contributed by atoms with Gasteiger partial charge >= 0.3 is 21.1 Å². The van der Waals surface area contributed by atoms with Crippen molar-refractivity contribution in [2.75, 3.05) is 0 Å². The Morgan fingerprint density at radius 2 is 1.52 bits per heavy atom. The monoisotopic (exact) mass is 883 g/mol. The molecule has 266 valence electrons. The van der Waals surface area contributed by atoms with Gasteiger partial charge < -0.3 is 9.15 Å². The summed E-state index contributed by atoms with van der Waals surface area (Å²) in [5.41, 5.74) is 9.15. The number of furan rings is 1. The molecule has 8 aromatic rings. The predicted molar refractivity (Wildman–Crippen MR) is 215 cm³/mol. The Morgan fingerprint density at radius 1 is 0.788 bits per heavy atom. The summed E-state index contributed by atoms with van der Waals surface area (Å²) in [6.45, 7) is 22.3. The Hall–Kier alpha value is -4.05. The average molecular weight is 884 g/mol. The first-order valence-electron chi connectivity index (χ1n) is 17.8. The van der Waals surface area contributed by atoms with Crippen LogP contribution in [-0.4, -0.2) is 9.97 Å². The van der Waals surface area contributed by atoms with Crippen LogP contribution in [0.15, 0.2) is 77.2 Å². The van der Waals surface area contributed by atoms with Crippen molar-refractivity contribution >= 4 is 64.4 Å². The summed E-state index contributed by atoms with van der Waals surface area (Å²) in [6, 6.07) is 32.7. The van der Waals surface area contributed by atoms with Crippen molar-refractivity contribution < 1.29 is 30.2 Å². The van der Waals surface area contributed by atoms with E-state index in [1.807, 2.05) is 18.2 Å². The van der Waals surface area contributed by atoms with Crippen LogP contribution in [0, 0.1) is 24.5 Å². The Balaban J connectivity index is 0.00000420. The second-order valence-electron chi connectivity index (χ2n) is 17.3. The van der Waals surface area contributed by atoms with E-state index in [9.17, 15) is 0 Å². The zero-order valence-corrected chi connectivity index (χ0v) is 34.7. The van der Waals surface area contributed by atoms with Crippen LogP contribution in [0.2, 0.25) is 0 Å². The smallest absolute Gasteiger partial charge is 0.472 e. The molecule has 0 N–H and O–H groups in total. The summed E-state index contributed by atoms with van der Waals surface area (Å²) in [5.74, 6) is 1.01. The molecule has 4 heterocycles. The van der Waals surface area contributed by atoms with Gasteiger partial charge in [-0.15, -0.1) is 64.2 Å². The zero-order chi connectivity index (χ0) is 36.0. The van der Waals surface area contributed by atoms with Crippen molar-refractivity contribution in [3.05, 3.63) is 107 Å². The minimum Gasteiger partial charge on any atom is -0.472 e. The number of fused-ring (bicyclic) bond motifs is 4. The van der Waals surface area contributed by atoms with E-state index in [4.69, 9.17) is 19.1 Å². The normalized spacial score (nSPS) is 12.7. The van der Waals surface area contributed by atoms with Crippen LogP contribution in [0.5, 0.6) is 11.8 Å². The molecule has 0 aliphatic rings. The third-order valence-corrected chi connectivity index (χ3v) is 10.9. The van der Waals surface area contributed by atoms with E-state index < -0.39 is 0 Å². The molecule has 6 heteroatoms. The van der Waals surface area contributed by atoms with Crippen LogP contribution < -0.4 is 4.74 Å². The average Bonchev–Trinajstić information content (AvgIpc) is 3.37. The molecule has 4 aromatic carbocycles. The van der Waals surface area contributed by atoms with Gasteiger partial charge in [0.15, 0.2) is 0 Å². The van der Waals surface area contributed by atoms with Gasteiger partial charge in [0.25, 0.3) is 0 Å². The number of benzene rings is 4. The maximum absolute atomic E-state index is 6.77. The van der Waals surface area contributed by atoms with E-state index in [0.29, 0.717) is 11.8 Å². The Kier molecular flexibility index (Phi) is 8.95. The predicted octanol–water partition coefficient (Wildman–Crippen LogP) is 13.4. The SMILES string of the molecule is Cc1cc(Oc2cc(C(C)(C)C)cc(-c3[c-]ccc(C(C)(C)C)c3)n2)nc2c1sc1cc(CC(C)(C)C)cc3oc4c5ccccc5[c-]c2c4c31.[Pt+2]. The Labute approximate surface area is 324 Å². The number of pyridine rings is 2. The number of aromatic nitrogens is 2. The first-order valence-corrected chi connectivity index (χ1v) is 18.6. The van der Waals surface area contributed by atoms with Gasteiger partial charge in [-0.1, -0.05) is 92.0 Å². The Bertz CT molecular complexity index is 2660. The molecule has 0 radical (unpaired) electrons. The molecule has 0 aliphatic carbocycles. The van der Waals surface area contributed by atoms with Gasteiger partial charge in [-0.05, 0) is 74.9 Å². The van der Waals surface area contributed by atoms with Crippen molar-refractivity contribution in [2.45, 2.75) is 86.5 Å². The van der Waals surface area contributed by atoms with Gasteiger partial charge in [0.05, 0.1) is 5.58 Å². The number of rotatable bonds is 4. The number of hydrogen-bond acceptors (Lipinski definition) is 5. The van der Waals surface area contributed by atoms with Gasteiger partial charge in [0.1, 0.15) is 5.58 Å². The number of ether oxygens (including phenoxy) is 1. The minimum atomic E-state index is -0.124. The van der Waals surface area contributed by atoms with E-state index in [1.165, 1.54) is 15.8 Å². The summed E-state index contributed by atoms with van der Waals surface area (Å²) in [7, 11) is 0. The summed E-state index contributed by atoms with van der Waals surface area (Å²) in [4.78, 5) is 10.3. The van der Waals surface area contributed by atoms with Crippen LogP contribution in [0.3, 0.4) is 0 Å². The van der Waals surface area contributed by atoms with E-state index in [2.05, 4.69) is 136 Å². The van der Waals surface area contributed by atoms with E-state index in [-0.39, 0.29) is 37.3 Å². The fraction of sp³-hybridized carbons (Fsp3) is 0.304. The molecule has 0 aliphatic heterocycles. The van der Waals surface area contributed by atoms with Crippen molar-refractivity contribution in [1.29, 1.82) is 0 Å². The zero-order valence-electron chi connectivity index (χ0n) is 31.6. The van der Waals surface area contributed by atoms with Crippen LogP contribution in [0.1, 0.15) is 84.6 Å². The molecule has 0 unspecified atom stereocenters. The minimum absolute atomic E-state index is 0.